The molecule has 9 heteroatoms. The van der Waals surface area contributed by atoms with Gasteiger partial charge in [-0.3, -0.25) is 9.78 Å². The molecule has 1 aromatic carbocycles. The average molecular weight is 513 g/mol. The van der Waals surface area contributed by atoms with Gasteiger partial charge in [-0.1, -0.05) is 6.07 Å². The maximum Gasteiger partial charge on any atom is 0.309 e. The lowest BCUT2D eigenvalue weighted by atomic mass is 9.74. The number of ether oxygens (including phenoxy) is 1. The van der Waals surface area contributed by atoms with Crippen LogP contribution in [-0.2, 0) is 11.3 Å². The standard InChI is InChI=1S/C27H33FN4O3S/c1-35-20-5-6-23-21(16-20)25(19(17-29)18-31-23)22(28)7-8-27(26(33)34)9-12-32(13-10-27)14-15-36-24-4-2-3-11-30-24/h2-6,11,16,18,22H,7-10,12-15,17,29H2,1H3,(H,33,34)/t22-/m0/s1. The molecule has 1 saturated heterocycles. The van der Waals surface area contributed by atoms with Gasteiger partial charge in [-0.2, -0.15) is 0 Å². The van der Waals surface area contributed by atoms with E-state index in [1.807, 2.05) is 18.2 Å². The summed E-state index contributed by atoms with van der Waals surface area (Å²) >= 11 is 1.70. The number of thioether (sulfide) groups is 1. The molecular weight excluding hydrogens is 479 g/mol. The van der Waals surface area contributed by atoms with Gasteiger partial charge in [-0.15, -0.1) is 11.8 Å². The first-order valence-electron chi connectivity index (χ1n) is 12.2. The number of methoxy groups -OCH3 is 1. The first kappa shape index (κ1) is 26.3. The van der Waals surface area contributed by atoms with Gasteiger partial charge in [0.2, 0.25) is 0 Å². The molecule has 1 fully saturated rings. The van der Waals surface area contributed by atoms with Crippen LogP contribution in [0.25, 0.3) is 10.9 Å². The van der Waals surface area contributed by atoms with E-state index < -0.39 is 17.6 Å². The van der Waals surface area contributed by atoms with Crippen molar-refractivity contribution in [1.82, 2.24) is 14.9 Å². The SMILES string of the molecule is COc1ccc2ncc(CN)c([C@@H](F)CCC3(C(=O)O)CCN(CCSc4ccccn4)CC3)c2c1. The van der Waals surface area contributed by atoms with Crippen LogP contribution < -0.4 is 10.5 Å². The molecule has 0 bridgehead atoms. The molecule has 0 saturated carbocycles. The van der Waals surface area contributed by atoms with E-state index in [0.717, 1.165) is 17.3 Å². The zero-order valence-corrected chi connectivity index (χ0v) is 21.3. The number of fused-ring (bicyclic) bond motifs is 1. The van der Waals surface area contributed by atoms with Crippen LogP contribution in [0.5, 0.6) is 5.75 Å². The molecule has 192 valence electrons. The summed E-state index contributed by atoms with van der Waals surface area (Å²) in [7, 11) is 1.56. The number of alkyl halides is 1. The van der Waals surface area contributed by atoms with Crippen molar-refractivity contribution < 1.29 is 19.0 Å². The maximum absolute atomic E-state index is 15.8. The van der Waals surface area contributed by atoms with Gasteiger partial charge in [-0.25, -0.2) is 9.37 Å². The number of piperidine rings is 1. The molecule has 3 heterocycles. The predicted octanol–water partition coefficient (Wildman–Crippen LogP) is 4.85. The Labute approximate surface area is 215 Å². The molecule has 1 aliphatic rings. The van der Waals surface area contributed by atoms with Crippen molar-refractivity contribution >= 4 is 28.6 Å². The predicted molar refractivity (Wildman–Crippen MR) is 140 cm³/mol. The smallest absolute Gasteiger partial charge is 0.309 e. The normalized spacial score (nSPS) is 16.6. The minimum Gasteiger partial charge on any atom is -0.497 e. The van der Waals surface area contributed by atoms with E-state index in [1.165, 1.54) is 0 Å². The summed E-state index contributed by atoms with van der Waals surface area (Å²) < 4.78 is 21.1. The number of aliphatic carboxylic acids is 1. The molecule has 1 atom stereocenters. The highest BCUT2D eigenvalue weighted by atomic mass is 32.2. The molecule has 0 radical (unpaired) electrons. The Bertz CT molecular complexity index is 1170. The number of hydrogen-bond acceptors (Lipinski definition) is 7. The van der Waals surface area contributed by atoms with Crippen molar-refractivity contribution in [3.63, 3.8) is 0 Å². The van der Waals surface area contributed by atoms with Gasteiger partial charge in [0.25, 0.3) is 0 Å². The summed E-state index contributed by atoms with van der Waals surface area (Å²) in [5, 5.41) is 11.8. The number of nitrogens with two attached hydrogens (primary N) is 1. The van der Waals surface area contributed by atoms with E-state index in [-0.39, 0.29) is 19.4 Å². The van der Waals surface area contributed by atoms with E-state index in [1.54, 1.807) is 49.5 Å². The lowest BCUT2D eigenvalue weighted by Crippen LogP contribution is -2.45. The summed E-state index contributed by atoms with van der Waals surface area (Å²) in [4.78, 5) is 23.4. The first-order valence-corrected chi connectivity index (χ1v) is 13.2. The molecule has 0 aliphatic carbocycles. The molecule has 7 nitrogen and oxygen atoms in total. The molecule has 3 N–H and O–H groups in total. The van der Waals surface area contributed by atoms with Gasteiger partial charge in [0.15, 0.2) is 0 Å². The summed E-state index contributed by atoms with van der Waals surface area (Å²) in [6.45, 7) is 2.41. The number of halogens is 1. The molecule has 4 rings (SSSR count). The van der Waals surface area contributed by atoms with Crippen molar-refractivity contribution in [1.29, 1.82) is 0 Å². The zero-order chi connectivity index (χ0) is 25.5. The minimum absolute atomic E-state index is 0.116. The third-order valence-corrected chi connectivity index (χ3v) is 8.09. The third-order valence-electron chi connectivity index (χ3n) is 7.17. The van der Waals surface area contributed by atoms with Gasteiger partial charge in [0.1, 0.15) is 11.9 Å². The second kappa shape index (κ2) is 12.0. The highest BCUT2D eigenvalue weighted by Crippen LogP contribution is 2.41. The monoisotopic (exact) mass is 512 g/mol. The van der Waals surface area contributed by atoms with Crippen molar-refractivity contribution in [3.8, 4) is 5.75 Å². The summed E-state index contributed by atoms with van der Waals surface area (Å²) in [5.74, 6) is 0.671. The van der Waals surface area contributed by atoms with Gasteiger partial charge in [0.05, 0.1) is 23.1 Å². The van der Waals surface area contributed by atoms with Crippen molar-refractivity contribution in [2.75, 3.05) is 32.5 Å². The summed E-state index contributed by atoms with van der Waals surface area (Å²) in [6, 6.07) is 11.2. The number of pyridine rings is 2. The Morgan fingerprint density at radius 1 is 1.28 bits per heavy atom. The lowest BCUT2D eigenvalue weighted by Gasteiger charge is -2.39. The van der Waals surface area contributed by atoms with E-state index in [9.17, 15) is 9.90 Å². The summed E-state index contributed by atoms with van der Waals surface area (Å²) in [6.07, 6.45) is 3.47. The second-order valence-electron chi connectivity index (χ2n) is 9.23. The van der Waals surface area contributed by atoms with Crippen molar-refractivity contribution in [3.05, 3.63) is 59.9 Å². The van der Waals surface area contributed by atoms with Gasteiger partial charge in [-0.05, 0) is 74.7 Å². The number of likely N-dealkylation sites (tertiary alicyclic amines) is 1. The Hall–Kier alpha value is -2.75. The van der Waals surface area contributed by atoms with Crippen LogP contribution in [0.3, 0.4) is 0 Å². The Kier molecular flexibility index (Phi) is 8.77. The fraction of sp³-hybridized carbons (Fsp3) is 0.444. The zero-order valence-electron chi connectivity index (χ0n) is 20.5. The Balaban J connectivity index is 1.40. The van der Waals surface area contributed by atoms with Crippen LogP contribution in [0.15, 0.2) is 53.8 Å². The van der Waals surface area contributed by atoms with Crippen LogP contribution >= 0.6 is 11.8 Å². The lowest BCUT2D eigenvalue weighted by molar-refractivity contribution is -0.153. The molecular formula is C27H33FN4O3S. The number of aromatic nitrogens is 2. The van der Waals surface area contributed by atoms with Crippen LogP contribution in [0.2, 0.25) is 0 Å². The topological polar surface area (TPSA) is 102 Å². The van der Waals surface area contributed by atoms with Gasteiger partial charge < -0.3 is 20.5 Å². The van der Waals surface area contributed by atoms with Crippen LogP contribution in [0.1, 0.15) is 43.0 Å². The molecule has 0 unspecified atom stereocenters. The highest BCUT2D eigenvalue weighted by molar-refractivity contribution is 7.99. The first-order chi connectivity index (χ1) is 17.5. The van der Waals surface area contributed by atoms with Crippen LogP contribution in [0, 0.1) is 5.41 Å². The number of carboxylic acid groups (broad SMARTS) is 1. The number of hydrogen-bond donors (Lipinski definition) is 2. The van der Waals surface area contributed by atoms with E-state index in [0.29, 0.717) is 53.7 Å². The van der Waals surface area contributed by atoms with Gasteiger partial charge in [0, 0.05) is 42.2 Å². The molecule has 0 spiro atoms. The molecule has 0 amide bonds. The maximum atomic E-state index is 15.8. The van der Waals surface area contributed by atoms with Crippen LogP contribution in [-0.4, -0.2) is 58.4 Å². The largest absolute Gasteiger partial charge is 0.497 e. The van der Waals surface area contributed by atoms with E-state index in [4.69, 9.17) is 10.5 Å². The quantitative estimate of drug-likeness (QED) is 0.352. The molecule has 1 aliphatic heterocycles. The number of nitrogens with zero attached hydrogens (tertiary/aromatic N) is 3. The number of carboxylic acids is 1. The number of carbonyl (C=O) groups is 1. The highest BCUT2D eigenvalue weighted by Gasteiger charge is 2.41. The van der Waals surface area contributed by atoms with E-state index in [2.05, 4.69) is 14.9 Å². The summed E-state index contributed by atoms with van der Waals surface area (Å²) in [5.41, 5.74) is 6.78. The second-order valence-corrected chi connectivity index (χ2v) is 10.3. The fourth-order valence-electron chi connectivity index (χ4n) is 4.93. The fourth-order valence-corrected chi connectivity index (χ4v) is 5.80. The van der Waals surface area contributed by atoms with Gasteiger partial charge >= 0.3 is 5.97 Å². The molecule has 3 aromatic rings. The number of benzene rings is 1. The third kappa shape index (κ3) is 5.96. The Morgan fingerprint density at radius 2 is 2.08 bits per heavy atom. The molecule has 2 aromatic heterocycles. The average Bonchev–Trinajstić information content (AvgIpc) is 2.92. The molecule has 36 heavy (non-hydrogen) atoms. The number of rotatable bonds is 11. The van der Waals surface area contributed by atoms with E-state index >= 15 is 4.39 Å². The Morgan fingerprint density at radius 3 is 2.75 bits per heavy atom. The minimum atomic E-state index is -1.34. The van der Waals surface area contributed by atoms with Crippen LogP contribution in [0.4, 0.5) is 4.39 Å². The van der Waals surface area contributed by atoms with Crippen molar-refractivity contribution in [2.45, 2.75) is 43.4 Å². The van der Waals surface area contributed by atoms with Crippen molar-refractivity contribution in [2.24, 2.45) is 11.1 Å².